The van der Waals surface area contributed by atoms with Crippen molar-refractivity contribution < 1.29 is 9.90 Å². The molecular weight excluding hydrogens is 132 g/mol. The third-order valence-corrected chi connectivity index (χ3v) is 1.37. The summed E-state index contributed by atoms with van der Waals surface area (Å²) in [5.41, 5.74) is 0.908. The summed E-state index contributed by atoms with van der Waals surface area (Å²) in [6.45, 7) is 2.37. The van der Waals surface area contributed by atoms with Crippen LogP contribution in [-0.2, 0) is 4.79 Å². The summed E-state index contributed by atoms with van der Waals surface area (Å²) in [7, 11) is 0. The standard InChI is InChI=1S/C6H10N2O2/c1-4-2-5(6(9)10)8-3-7-4/h2,5,7-8H,3H2,1H3,(H,9,10). The largest absolute Gasteiger partial charge is 0.480 e. The van der Waals surface area contributed by atoms with Gasteiger partial charge in [0.1, 0.15) is 6.04 Å². The van der Waals surface area contributed by atoms with E-state index in [9.17, 15) is 4.79 Å². The van der Waals surface area contributed by atoms with E-state index in [1.54, 1.807) is 6.08 Å². The highest BCUT2D eigenvalue weighted by atomic mass is 16.4. The maximum absolute atomic E-state index is 10.4. The van der Waals surface area contributed by atoms with Gasteiger partial charge in [0.2, 0.25) is 0 Å². The second-order valence-corrected chi connectivity index (χ2v) is 2.22. The number of hydrogen-bond donors (Lipinski definition) is 3. The van der Waals surface area contributed by atoms with E-state index in [1.807, 2.05) is 6.92 Å². The van der Waals surface area contributed by atoms with Crippen LogP contribution in [0.25, 0.3) is 0 Å². The van der Waals surface area contributed by atoms with E-state index in [0.717, 1.165) is 5.70 Å². The SMILES string of the molecule is CC1=CC(C(=O)O)NCN1. The van der Waals surface area contributed by atoms with E-state index in [1.165, 1.54) is 0 Å². The zero-order valence-electron chi connectivity index (χ0n) is 5.72. The fourth-order valence-corrected chi connectivity index (χ4v) is 0.827. The van der Waals surface area contributed by atoms with Crippen molar-refractivity contribution in [3.05, 3.63) is 11.8 Å². The van der Waals surface area contributed by atoms with Crippen molar-refractivity contribution >= 4 is 5.97 Å². The summed E-state index contributed by atoms with van der Waals surface area (Å²) >= 11 is 0. The van der Waals surface area contributed by atoms with Crippen LogP contribution in [-0.4, -0.2) is 23.8 Å². The predicted molar refractivity (Wildman–Crippen MR) is 36.3 cm³/mol. The molecule has 3 N–H and O–H groups in total. The van der Waals surface area contributed by atoms with Crippen LogP contribution in [0.15, 0.2) is 11.8 Å². The maximum atomic E-state index is 10.4. The first-order valence-electron chi connectivity index (χ1n) is 3.08. The first-order chi connectivity index (χ1) is 4.70. The van der Waals surface area contributed by atoms with Crippen molar-refractivity contribution in [1.82, 2.24) is 10.6 Å². The van der Waals surface area contributed by atoms with Gasteiger partial charge in [-0.05, 0) is 13.0 Å². The molecule has 0 aromatic rings. The second kappa shape index (κ2) is 2.70. The average molecular weight is 142 g/mol. The number of allylic oxidation sites excluding steroid dienone is 1. The zero-order chi connectivity index (χ0) is 7.56. The minimum Gasteiger partial charge on any atom is -0.480 e. The number of hydrogen-bond acceptors (Lipinski definition) is 3. The van der Waals surface area contributed by atoms with Gasteiger partial charge in [0.05, 0.1) is 6.67 Å². The van der Waals surface area contributed by atoms with E-state index < -0.39 is 12.0 Å². The van der Waals surface area contributed by atoms with E-state index in [2.05, 4.69) is 10.6 Å². The Kier molecular flexibility index (Phi) is 1.91. The molecule has 1 aliphatic rings. The fraction of sp³-hybridized carbons (Fsp3) is 0.500. The van der Waals surface area contributed by atoms with Gasteiger partial charge in [-0.3, -0.25) is 10.1 Å². The highest BCUT2D eigenvalue weighted by molar-refractivity contribution is 5.76. The Morgan fingerprint density at radius 1 is 1.90 bits per heavy atom. The molecular formula is C6H10N2O2. The molecule has 0 saturated heterocycles. The van der Waals surface area contributed by atoms with E-state index in [-0.39, 0.29) is 0 Å². The van der Waals surface area contributed by atoms with E-state index in [0.29, 0.717) is 6.67 Å². The normalized spacial score (nSPS) is 24.9. The van der Waals surface area contributed by atoms with Crippen LogP contribution in [0.2, 0.25) is 0 Å². The summed E-state index contributed by atoms with van der Waals surface area (Å²) in [6.07, 6.45) is 1.64. The lowest BCUT2D eigenvalue weighted by atomic mass is 10.2. The van der Waals surface area contributed by atoms with Crippen molar-refractivity contribution in [2.75, 3.05) is 6.67 Å². The summed E-state index contributed by atoms with van der Waals surface area (Å²) < 4.78 is 0. The van der Waals surface area contributed by atoms with Gasteiger partial charge in [0, 0.05) is 5.70 Å². The Morgan fingerprint density at radius 3 is 3.00 bits per heavy atom. The van der Waals surface area contributed by atoms with Gasteiger partial charge in [-0.25, -0.2) is 0 Å². The summed E-state index contributed by atoms with van der Waals surface area (Å²) in [6, 6.07) is -0.527. The minimum absolute atomic E-state index is 0.527. The van der Waals surface area contributed by atoms with Gasteiger partial charge in [0.25, 0.3) is 0 Å². The summed E-state index contributed by atoms with van der Waals surface area (Å²) in [5, 5.41) is 14.2. The van der Waals surface area contributed by atoms with Crippen LogP contribution < -0.4 is 10.6 Å². The van der Waals surface area contributed by atoms with Crippen LogP contribution in [0.5, 0.6) is 0 Å². The van der Waals surface area contributed by atoms with Crippen LogP contribution in [0, 0.1) is 0 Å². The van der Waals surface area contributed by atoms with Crippen LogP contribution in [0.4, 0.5) is 0 Å². The molecule has 1 unspecified atom stereocenters. The minimum atomic E-state index is -0.833. The molecule has 0 aromatic heterocycles. The lowest BCUT2D eigenvalue weighted by molar-refractivity contribution is -0.138. The number of rotatable bonds is 1. The third kappa shape index (κ3) is 1.48. The number of carboxylic acid groups (broad SMARTS) is 1. The monoisotopic (exact) mass is 142 g/mol. The Balaban J connectivity index is 2.62. The topological polar surface area (TPSA) is 61.4 Å². The smallest absolute Gasteiger partial charge is 0.324 e. The second-order valence-electron chi connectivity index (χ2n) is 2.22. The molecule has 0 aliphatic carbocycles. The van der Waals surface area contributed by atoms with E-state index >= 15 is 0 Å². The molecule has 56 valence electrons. The molecule has 1 aliphatic heterocycles. The molecule has 4 heteroatoms. The molecule has 1 heterocycles. The molecule has 0 aromatic carbocycles. The summed E-state index contributed by atoms with van der Waals surface area (Å²) in [4.78, 5) is 10.4. The molecule has 4 nitrogen and oxygen atoms in total. The lowest BCUT2D eigenvalue weighted by Crippen LogP contribution is -2.44. The molecule has 10 heavy (non-hydrogen) atoms. The first kappa shape index (κ1) is 7.08. The van der Waals surface area contributed by atoms with Gasteiger partial charge in [-0.1, -0.05) is 0 Å². The highest BCUT2D eigenvalue weighted by Crippen LogP contribution is 1.96. The first-order valence-corrected chi connectivity index (χ1v) is 3.08. The third-order valence-electron chi connectivity index (χ3n) is 1.37. The zero-order valence-corrected chi connectivity index (χ0v) is 5.72. The molecule has 0 spiro atoms. The maximum Gasteiger partial charge on any atom is 0.324 e. The van der Waals surface area contributed by atoms with Crippen molar-refractivity contribution in [1.29, 1.82) is 0 Å². The van der Waals surface area contributed by atoms with Crippen molar-refractivity contribution in [3.8, 4) is 0 Å². The fourth-order valence-electron chi connectivity index (χ4n) is 0.827. The van der Waals surface area contributed by atoms with Gasteiger partial charge in [0.15, 0.2) is 0 Å². The quantitative estimate of drug-likeness (QED) is 0.461. The molecule has 0 saturated carbocycles. The van der Waals surface area contributed by atoms with Gasteiger partial charge in [-0.2, -0.15) is 0 Å². The van der Waals surface area contributed by atoms with Gasteiger partial charge >= 0.3 is 5.97 Å². The number of carbonyl (C=O) groups is 1. The Morgan fingerprint density at radius 2 is 2.60 bits per heavy atom. The molecule has 0 amide bonds. The van der Waals surface area contributed by atoms with Crippen molar-refractivity contribution in [3.63, 3.8) is 0 Å². The van der Waals surface area contributed by atoms with Gasteiger partial charge < -0.3 is 10.4 Å². The van der Waals surface area contributed by atoms with Crippen LogP contribution in [0.3, 0.4) is 0 Å². The van der Waals surface area contributed by atoms with Crippen LogP contribution >= 0.6 is 0 Å². The predicted octanol–water partition coefficient (Wildman–Crippen LogP) is -0.506. The molecule has 0 bridgehead atoms. The van der Waals surface area contributed by atoms with Crippen molar-refractivity contribution in [2.24, 2.45) is 0 Å². The van der Waals surface area contributed by atoms with Gasteiger partial charge in [-0.15, -0.1) is 0 Å². The molecule has 0 radical (unpaired) electrons. The Bertz CT molecular complexity index is 177. The number of nitrogens with one attached hydrogen (secondary N) is 2. The number of aliphatic carboxylic acids is 1. The van der Waals surface area contributed by atoms with Crippen LogP contribution in [0.1, 0.15) is 6.92 Å². The summed E-state index contributed by atoms with van der Waals surface area (Å²) in [5.74, 6) is -0.833. The number of carboxylic acids is 1. The molecule has 1 atom stereocenters. The highest BCUT2D eigenvalue weighted by Gasteiger charge is 2.16. The molecule has 0 fully saturated rings. The lowest BCUT2D eigenvalue weighted by Gasteiger charge is -2.18. The Hall–Kier alpha value is -1.03. The molecule has 1 rings (SSSR count). The van der Waals surface area contributed by atoms with E-state index in [4.69, 9.17) is 5.11 Å². The van der Waals surface area contributed by atoms with Crippen molar-refractivity contribution in [2.45, 2.75) is 13.0 Å². The Labute approximate surface area is 58.9 Å². The average Bonchev–Trinajstić information content (AvgIpc) is 1.88.